The van der Waals surface area contributed by atoms with Crippen LogP contribution in [0.1, 0.15) is 32.4 Å². The van der Waals surface area contributed by atoms with Gasteiger partial charge in [0.25, 0.3) is 0 Å². The maximum absolute atomic E-state index is 11.4. The number of hydrogen-bond donors (Lipinski definition) is 2. The van der Waals surface area contributed by atoms with Gasteiger partial charge in [0.05, 0.1) is 6.26 Å². The summed E-state index contributed by atoms with van der Waals surface area (Å²) in [5.41, 5.74) is 0. The fourth-order valence-corrected chi connectivity index (χ4v) is 1.40. The lowest BCUT2D eigenvalue weighted by Gasteiger charge is -2.11. The Morgan fingerprint density at radius 1 is 1.56 bits per heavy atom. The molecule has 0 aliphatic heterocycles. The average Bonchev–Trinajstić information content (AvgIpc) is 2.86. The second kappa shape index (κ2) is 8.53. The summed E-state index contributed by atoms with van der Waals surface area (Å²) in [5, 5.41) is 6.11. The van der Waals surface area contributed by atoms with Crippen LogP contribution in [0.4, 0.5) is 0 Å². The van der Waals surface area contributed by atoms with Crippen molar-refractivity contribution in [2.24, 2.45) is 0 Å². The normalized spacial score (nSPS) is 12.8. The average molecular weight is 250 g/mol. The van der Waals surface area contributed by atoms with E-state index in [1.807, 2.05) is 31.2 Å². The van der Waals surface area contributed by atoms with E-state index in [0.717, 1.165) is 18.7 Å². The predicted molar refractivity (Wildman–Crippen MR) is 73.1 cm³/mol. The molecule has 1 heterocycles. The van der Waals surface area contributed by atoms with Gasteiger partial charge in [0.15, 0.2) is 0 Å². The smallest absolute Gasteiger partial charge is 0.221 e. The van der Waals surface area contributed by atoms with Crippen molar-refractivity contribution in [3.05, 3.63) is 30.2 Å². The van der Waals surface area contributed by atoms with Crippen molar-refractivity contribution in [3.63, 3.8) is 0 Å². The maximum Gasteiger partial charge on any atom is 0.221 e. The molecule has 1 unspecified atom stereocenters. The Balaban J connectivity index is 2.03. The Hall–Kier alpha value is -1.55. The highest BCUT2D eigenvalue weighted by Gasteiger charge is 2.03. The zero-order valence-electron chi connectivity index (χ0n) is 11.1. The van der Waals surface area contributed by atoms with Crippen LogP contribution < -0.4 is 10.6 Å². The molecule has 0 saturated carbocycles. The van der Waals surface area contributed by atoms with E-state index in [1.54, 1.807) is 6.26 Å². The van der Waals surface area contributed by atoms with Gasteiger partial charge in [-0.15, -0.1) is 0 Å². The lowest BCUT2D eigenvalue weighted by Crippen LogP contribution is -2.34. The highest BCUT2D eigenvalue weighted by Crippen LogP contribution is 2.01. The van der Waals surface area contributed by atoms with Crippen LogP contribution in [0.5, 0.6) is 0 Å². The van der Waals surface area contributed by atoms with Crippen LogP contribution >= 0.6 is 0 Å². The van der Waals surface area contributed by atoms with Crippen molar-refractivity contribution in [1.82, 2.24) is 10.6 Å². The van der Waals surface area contributed by atoms with E-state index < -0.39 is 0 Å². The molecule has 0 saturated heterocycles. The summed E-state index contributed by atoms with van der Waals surface area (Å²) in [6, 6.07) is 4.01. The number of rotatable bonds is 8. The second-order valence-electron chi connectivity index (χ2n) is 4.25. The summed E-state index contributed by atoms with van der Waals surface area (Å²) >= 11 is 0. The van der Waals surface area contributed by atoms with Crippen LogP contribution in [0.3, 0.4) is 0 Å². The number of nitrogens with one attached hydrogen (secondary N) is 2. The third-order valence-electron chi connectivity index (χ3n) is 2.64. The lowest BCUT2D eigenvalue weighted by molar-refractivity contribution is -0.121. The van der Waals surface area contributed by atoms with Gasteiger partial charge in [-0.25, -0.2) is 0 Å². The van der Waals surface area contributed by atoms with E-state index in [0.29, 0.717) is 13.0 Å². The Morgan fingerprint density at radius 2 is 2.39 bits per heavy atom. The van der Waals surface area contributed by atoms with Gasteiger partial charge in [-0.3, -0.25) is 4.79 Å². The fourth-order valence-electron chi connectivity index (χ4n) is 1.40. The first-order valence-electron chi connectivity index (χ1n) is 6.42. The zero-order valence-corrected chi connectivity index (χ0v) is 11.1. The monoisotopic (exact) mass is 250 g/mol. The van der Waals surface area contributed by atoms with E-state index >= 15 is 0 Å². The van der Waals surface area contributed by atoms with Crippen molar-refractivity contribution in [2.75, 3.05) is 13.1 Å². The minimum atomic E-state index is 0.104. The van der Waals surface area contributed by atoms with Gasteiger partial charge >= 0.3 is 0 Å². The summed E-state index contributed by atoms with van der Waals surface area (Å²) in [6.07, 6.45) is 7.01. The minimum absolute atomic E-state index is 0.104. The third-order valence-corrected chi connectivity index (χ3v) is 2.64. The molecule has 0 spiro atoms. The van der Waals surface area contributed by atoms with E-state index in [4.69, 9.17) is 4.42 Å². The van der Waals surface area contributed by atoms with Crippen LogP contribution in [0, 0.1) is 0 Å². The van der Waals surface area contributed by atoms with Gasteiger partial charge in [-0.2, -0.15) is 0 Å². The molecule has 0 fully saturated rings. The van der Waals surface area contributed by atoms with Gasteiger partial charge in [-0.05, 0) is 31.6 Å². The molecule has 0 aliphatic carbocycles. The molecule has 1 atom stereocenters. The molecule has 4 heteroatoms. The first-order valence-corrected chi connectivity index (χ1v) is 6.42. The quantitative estimate of drug-likeness (QED) is 0.695. The van der Waals surface area contributed by atoms with Crippen molar-refractivity contribution >= 4 is 12.0 Å². The fraction of sp³-hybridized carbons (Fsp3) is 0.500. The van der Waals surface area contributed by atoms with Gasteiger partial charge in [-0.1, -0.05) is 13.0 Å². The lowest BCUT2D eigenvalue weighted by atomic mass is 10.2. The molecule has 0 radical (unpaired) electrons. The topological polar surface area (TPSA) is 54.3 Å². The molecule has 1 aromatic heterocycles. The van der Waals surface area contributed by atoms with Crippen LogP contribution in [0.15, 0.2) is 28.9 Å². The summed E-state index contributed by atoms with van der Waals surface area (Å²) in [6.45, 7) is 5.49. The van der Waals surface area contributed by atoms with E-state index in [1.165, 1.54) is 0 Å². The Kier molecular flexibility index (Phi) is 6.87. The summed E-state index contributed by atoms with van der Waals surface area (Å²) in [5.74, 6) is 0.943. The Morgan fingerprint density at radius 3 is 3.06 bits per heavy atom. The minimum Gasteiger partial charge on any atom is -0.465 e. The number of furan rings is 1. The molecule has 1 aromatic rings. The van der Waals surface area contributed by atoms with E-state index in [9.17, 15) is 4.79 Å². The van der Waals surface area contributed by atoms with Crippen molar-refractivity contribution in [3.8, 4) is 0 Å². The van der Waals surface area contributed by atoms with Crippen LogP contribution in [-0.4, -0.2) is 25.0 Å². The molecule has 0 aliphatic rings. The molecule has 4 nitrogen and oxygen atoms in total. The van der Waals surface area contributed by atoms with Gasteiger partial charge in [0, 0.05) is 25.6 Å². The predicted octanol–water partition coefficient (Wildman–Crippen LogP) is 2.19. The molecule has 1 amide bonds. The number of amides is 1. The summed E-state index contributed by atoms with van der Waals surface area (Å²) in [7, 11) is 0. The molecule has 0 bridgehead atoms. The first kappa shape index (κ1) is 14.5. The van der Waals surface area contributed by atoms with Gasteiger partial charge in [0.2, 0.25) is 5.91 Å². The van der Waals surface area contributed by atoms with Crippen molar-refractivity contribution in [1.29, 1.82) is 0 Å². The second-order valence-corrected chi connectivity index (χ2v) is 4.25. The Labute approximate surface area is 108 Å². The van der Waals surface area contributed by atoms with Gasteiger partial charge in [0.1, 0.15) is 5.76 Å². The molecule has 2 N–H and O–H groups in total. The first-order chi connectivity index (χ1) is 8.72. The van der Waals surface area contributed by atoms with Gasteiger partial charge < -0.3 is 15.1 Å². The Bertz CT molecular complexity index is 358. The van der Waals surface area contributed by atoms with Crippen LogP contribution in [0.25, 0.3) is 6.08 Å². The van der Waals surface area contributed by atoms with E-state index in [-0.39, 0.29) is 11.9 Å². The number of carbonyl (C=O) groups excluding carboxylic acids is 1. The van der Waals surface area contributed by atoms with E-state index in [2.05, 4.69) is 17.6 Å². The van der Waals surface area contributed by atoms with Crippen molar-refractivity contribution in [2.45, 2.75) is 32.7 Å². The van der Waals surface area contributed by atoms with Crippen LogP contribution in [0.2, 0.25) is 0 Å². The largest absolute Gasteiger partial charge is 0.465 e. The summed E-state index contributed by atoms with van der Waals surface area (Å²) < 4.78 is 5.16. The molecular weight excluding hydrogens is 228 g/mol. The molecular formula is C14H22N2O2. The standard InChI is InChI=1S/C14H22N2O2/c1-3-12(2)16-14(17)8-10-15-9-4-6-13-7-5-11-18-13/h4-7,11-12,15H,3,8-10H2,1-2H3,(H,16,17). The zero-order chi connectivity index (χ0) is 13.2. The number of hydrogen-bond acceptors (Lipinski definition) is 3. The molecule has 100 valence electrons. The number of carbonyl (C=O) groups is 1. The highest BCUT2D eigenvalue weighted by atomic mass is 16.3. The molecule has 1 rings (SSSR count). The SMILES string of the molecule is CCC(C)NC(=O)CCNCC=Cc1ccco1. The molecule has 18 heavy (non-hydrogen) atoms. The highest BCUT2D eigenvalue weighted by molar-refractivity contribution is 5.76. The maximum atomic E-state index is 11.4. The summed E-state index contributed by atoms with van der Waals surface area (Å²) in [4.78, 5) is 11.4. The molecule has 0 aromatic carbocycles. The van der Waals surface area contributed by atoms with Crippen molar-refractivity contribution < 1.29 is 9.21 Å². The van der Waals surface area contributed by atoms with Crippen LogP contribution in [-0.2, 0) is 4.79 Å². The third kappa shape index (κ3) is 6.25.